The normalized spacial score (nSPS) is 12.4. The molecule has 0 saturated carbocycles. The molecule has 0 saturated heterocycles. The predicted octanol–water partition coefficient (Wildman–Crippen LogP) is 4.47. The van der Waals surface area contributed by atoms with Gasteiger partial charge in [-0.05, 0) is 64.4 Å². The standard InChI is InChI=1S/C24H27NO7/c1-7-18(25-23(28)32-24(3,4)5)22(27)30-19-11-10-16-15-9-8-14(29-6)12-17(15)21(26)31-20(16)13(19)2/h8-12,18H,7H2,1-6H3,(H,25,28). The molecular formula is C24H27NO7. The van der Waals surface area contributed by atoms with Crippen molar-refractivity contribution in [2.45, 2.75) is 52.7 Å². The van der Waals surface area contributed by atoms with Crippen LogP contribution in [-0.4, -0.2) is 30.8 Å². The van der Waals surface area contributed by atoms with Gasteiger partial charge in [0.25, 0.3) is 0 Å². The maximum absolute atomic E-state index is 12.7. The van der Waals surface area contributed by atoms with Gasteiger partial charge in [-0.3, -0.25) is 0 Å². The average Bonchev–Trinajstić information content (AvgIpc) is 2.73. The molecule has 0 spiro atoms. The number of ether oxygens (including phenoxy) is 3. The van der Waals surface area contributed by atoms with E-state index in [2.05, 4.69) is 5.32 Å². The molecule has 3 aromatic rings. The summed E-state index contributed by atoms with van der Waals surface area (Å²) in [6, 6.07) is 7.65. The summed E-state index contributed by atoms with van der Waals surface area (Å²) >= 11 is 0. The minimum Gasteiger partial charge on any atom is -0.497 e. The summed E-state index contributed by atoms with van der Waals surface area (Å²) in [7, 11) is 1.52. The zero-order valence-electron chi connectivity index (χ0n) is 19.0. The number of carbonyl (C=O) groups is 2. The van der Waals surface area contributed by atoms with Gasteiger partial charge in [0.2, 0.25) is 0 Å². The zero-order valence-corrected chi connectivity index (χ0v) is 19.0. The molecule has 3 rings (SSSR count). The van der Waals surface area contributed by atoms with E-state index in [1.807, 2.05) is 0 Å². The maximum Gasteiger partial charge on any atom is 0.408 e. The summed E-state index contributed by atoms with van der Waals surface area (Å²) in [6.45, 7) is 8.65. The van der Waals surface area contributed by atoms with Crippen LogP contribution in [-0.2, 0) is 9.53 Å². The molecule has 0 aliphatic rings. The van der Waals surface area contributed by atoms with Crippen molar-refractivity contribution in [1.82, 2.24) is 5.32 Å². The van der Waals surface area contributed by atoms with Crippen molar-refractivity contribution in [2.75, 3.05) is 7.11 Å². The van der Waals surface area contributed by atoms with Crippen LogP contribution in [0.1, 0.15) is 39.7 Å². The highest BCUT2D eigenvalue weighted by atomic mass is 16.6. The Bertz CT molecular complexity index is 1240. The Morgan fingerprint density at radius 1 is 1.09 bits per heavy atom. The number of hydrogen-bond donors (Lipinski definition) is 1. The lowest BCUT2D eigenvalue weighted by molar-refractivity contribution is -0.136. The van der Waals surface area contributed by atoms with E-state index in [-0.39, 0.29) is 5.75 Å². The van der Waals surface area contributed by atoms with Crippen LogP contribution in [0.25, 0.3) is 21.7 Å². The van der Waals surface area contributed by atoms with Crippen molar-refractivity contribution in [3.63, 3.8) is 0 Å². The molecule has 170 valence electrons. The largest absolute Gasteiger partial charge is 0.497 e. The molecule has 1 amide bonds. The number of rotatable bonds is 5. The minimum absolute atomic E-state index is 0.239. The second-order valence-electron chi connectivity index (χ2n) is 8.39. The lowest BCUT2D eigenvalue weighted by Gasteiger charge is -2.22. The molecule has 0 fully saturated rings. The van der Waals surface area contributed by atoms with Crippen molar-refractivity contribution < 1.29 is 28.2 Å². The van der Waals surface area contributed by atoms with E-state index in [9.17, 15) is 14.4 Å². The number of carbonyl (C=O) groups excluding carboxylic acids is 2. The van der Waals surface area contributed by atoms with E-state index in [0.717, 1.165) is 0 Å². The zero-order chi connectivity index (χ0) is 23.6. The predicted molar refractivity (Wildman–Crippen MR) is 120 cm³/mol. The molecule has 1 N–H and O–H groups in total. The molecule has 1 unspecified atom stereocenters. The molecule has 8 nitrogen and oxygen atoms in total. The van der Waals surface area contributed by atoms with Gasteiger partial charge in [-0.1, -0.05) is 6.92 Å². The molecule has 0 radical (unpaired) electrons. The Balaban J connectivity index is 1.91. The highest BCUT2D eigenvalue weighted by Crippen LogP contribution is 2.32. The van der Waals surface area contributed by atoms with Crippen LogP contribution in [0, 0.1) is 6.92 Å². The highest BCUT2D eigenvalue weighted by molar-refractivity contribution is 6.06. The van der Waals surface area contributed by atoms with E-state index in [4.69, 9.17) is 18.6 Å². The minimum atomic E-state index is -0.893. The van der Waals surface area contributed by atoms with Crippen molar-refractivity contribution in [2.24, 2.45) is 0 Å². The van der Waals surface area contributed by atoms with E-state index in [1.54, 1.807) is 65.0 Å². The molecule has 0 aliphatic carbocycles. The molecule has 1 heterocycles. The van der Waals surface area contributed by atoms with Crippen LogP contribution in [0.2, 0.25) is 0 Å². The third-order valence-electron chi connectivity index (χ3n) is 4.88. The summed E-state index contributed by atoms with van der Waals surface area (Å²) in [5, 5.41) is 4.33. The SMILES string of the molecule is CCC(NC(=O)OC(C)(C)C)C(=O)Oc1ccc2c(oc(=O)c3cc(OC)ccc32)c1C. The van der Waals surface area contributed by atoms with Gasteiger partial charge in [0.15, 0.2) is 0 Å². The average molecular weight is 441 g/mol. The van der Waals surface area contributed by atoms with Gasteiger partial charge in [0.05, 0.1) is 12.5 Å². The number of nitrogens with one attached hydrogen (secondary N) is 1. The van der Waals surface area contributed by atoms with Crippen LogP contribution >= 0.6 is 0 Å². The third kappa shape index (κ3) is 4.85. The third-order valence-corrected chi connectivity index (χ3v) is 4.88. The molecule has 0 bridgehead atoms. The quantitative estimate of drug-likeness (QED) is 0.270. The number of amides is 1. The molecular weight excluding hydrogens is 414 g/mol. The van der Waals surface area contributed by atoms with Crippen LogP contribution in [0.3, 0.4) is 0 Å². The molecule has 1 atom stereocenters. The van der Waals surface area contributed by atoms with Crippen LogP contribution in [0.4, 0.5) is 4.79 Å². The fourth-order valence-electron chi connectivity index (χ4n) is 3.29. The van der Waals surface area contributed by atoms with E-state index >= 15 is 0 Å². The topological polar surface area (TPSA) is 104 Å². The Kier molecular flexibility index (Phi) is 6.43. The second-order valence-corrected chi connectivity index (χ2v) is 8.39. The molecule has 2 aromatic carbocycles. The Morgan fingerprint density at radius 2 is 1.78 bits per heavy atom. The second kappa shape index (κ2) is 8.90. The first-order valence-electron chi connectivity index (χ1n) is 10.3. The summed E-state index contributed by atoms with van der Waals surface area (Å²) in [5.41, 5.74) is -0.383. The maximum atomic E-state index is 12.7. The highest BCUT2D eigenvalue weighted by Gasteiger charge is 2.25. The number of esters is 1. The van der Waals surface area contributed by atoms with E-state index in [0.29, 0.717) is 39.5 Å². The number of aryl methyl sites for hydroxylation is 1. The first-order valence-corrected chi connectivity index (χ1v) is 10.3. The number of methoxy groups -OCH3 is 1. The number of hydrogen-bond acceptors (Lipinski definition) is 7. The fourth-order valence-corrected chi connectivity index (χ4v) is 3.29. The fraction of sp³-hybridized carbons (Fsp3) is 0.375. The van der Waals surface area contributed by atoms with Crippen molar-refractivity contribution >= 4 is 33.8 Å². The monoisotopic (exact) mass is 441 g/mol. The van der Waals surface area contributed by atoms with Crippen LogP contribution in [0.15, 0.2) is 39.5 Å². The van der Waals surface area contributed by atoms with E-state index < -0.39 is 29.3 Å². The molecule has 0 aliphatic heterocycles. The smallest absolute Gasteiger partial charge is 0.408 e. The first-order chi connectivity index (χ1) is 15.0. The summed E-state index contributed by atoms with van der Waals surface area (Å²) in [4.78, 5) is 37.3. The van der Waals surface area contributed by atoms with Crippen LogP contribution in [0.5, 0.6) is 11.5 Å². The van der Waals surface area contributed by atoms with Crippen LogP contribution < -0.4 is 20.4 Å². The molecule has 8 heteroatoms. The van der Waals surface area contributed by atoms with Gasteiger partial charge >= 0.3 is 17.7 Å². The lowest BCUT2D eigenvalue weighted by atomic mass is 10.0. The van der Waals surface area contributed by atoms with E-state index in [1.165, 1.54) is 7.11 Å². The number of benzene rings is 2. The molecule has 1 aromatic heterocycles. The summed E-state index contributed by atoms with van der Waals surface area (Å²) in [6.07, 6.45) is -0.392. The lowest BCUT2D eigenvalue weighted by Crippen LogP contribution is -2.44. The van der Waals surface area contributed by atoms with Gasteiger partial charge in [-0.2, -0.15) is 0 Å². The van der Waals surface area contributed by atoms with Gasteiger partial charge < -0.3 is 23.9 Å². The molecule has 32 heavy (non-hydrogen) atoms. The summed E-state index contributed by atoms with van der Waals surface area (Å²) < 4.78 is 21.5. The van der Waals surface area contributed by atoms with Gasteiger partial charge in [0, 0.05) is 16.3 Å². The summed E-state index contributed by atoms with van der Waals surface area (Å²) in [5.74, 6) is 0.145. The first kappa shape index (κ1) is 23.1. The Morgan fingerprint density at radius 3 is 2.41 bits per heavy atom. The van der Waals surface area contributed by atoms with Crippen molar-refractivity contribution in [1.29, 1.82) is 0 Å². The van der Waals surface area contributed by atoms with Crippen molar-refractivity contribution in [3.8, 4) is 11.5 Å². The van der Waals surface area contributed by atoms with Gasteiger partial charge in [-0.15, -0.1) is 0 Å². The number of alkyl carbamates (subject to hydrolysis) is 1. The van der Waals surface area contributed by atoms with Crippen molar-refractivity contribution in [3.05, 3.63) is 46.3 Å². The Labute approximate surface area is 185 Å². The van der Waals surface area contributed by atoms with Gasteiger partial charge in [-0.25, -0.2) is 14.4 Å². The number of fused-ring (bicyclic) bond motifs is 3. The Hall–Kier alpha value is -3.55. The van der Waals surface area contributed by atoms with Gasteiger partial charge in [0.1, 0.15) is 28.7 Å².